The molecular weight excluding hydrogens is 283 g/mol. The van der Waals surface area contributed by atoms with Crippen molar-refractivity contribution in [1.82, 2.24) is 15.2 Å². The average Bonchev–Trinajstić information content (AvgIpc) is 2.87. The van der Waals surface area contributed by atoms with E-state index in [-0.39, 0.29) is 5.15 Å². The quantitative estimate of drug-likeness (QED) is 0.572. The molecule has 1 aromatic carbocycles. The topological polar surface area (TPSA) is 53.9 Å². The molecule has 0 spiro atoms. The smallest absolute Gasteiger partial charge is 0.147 e. The Labute approximate surface area is 119 Å². The summed E-state index contributed by atoms with van der Waals surface area (Å²) in [4.78, 5) is 8.25. The largest absolute Gasteiger partial charge is 0.278 e. The lowest BCUT2D eigenvalue weighted by Gasteiger charge is -1.97. The molecule has 0 radical (unpaired) electrons. The number of hydrogen-bond acceptors (Lipinski definition) is 3. The molecular formula is C13H8Cl2N4. The average molecular weight is 291 g/mol. The van der Waals surface area contributed by atoms with Crippen molar-refractivity contribution < 1.29 is 0 Å². The Morgan fingerprint density at radius 2 is 2.05 bits per heavy atom. The number of pyridine rings is 1. The van der Waals surface area contributed by atoms with E-state index in [1.807, 2.05) is 18.2 Å². The van der Waals surface area contributed by atoms with Crippen LogP contribution in [0, 0.1) is 0 Å². The Balaban J connectivity index is 1.90. The van der Waals surface area contributed by atoms with Gasteiger partial charge < -0.3 is 0 Å². The Kier molecular flexibility index (Phi) is 3.19. The molecule has 0 fully saturated rings. The number of hydrogen-bond donors (Lipinski definition) is 1. The summed E-state index contributed by atoms with van der Waals surface area (Å²) in [6.07, 6.45) is 5.09. The van der Waals surface area contributed by atoms with E-state index in [1.165, 1.54) is 0 Å². The highest BCUT2D eigenvalue weighted by Gasteiger charge is 2.00. The number of aromatic amines is 1. The van der Waals surface area contributed by atoms with Gasteiger partial charge in [-0.2, -0.15) is 5.10 Å². The summed E-state index contributed by atoms with van der Waals surface area (Å²) < 4.78 is 0. The number of nitrogens with zero attached hydrogens (tertiary/aromatic N) is 3. The van der Waals surface area contributed by atoms with Gasteiger partial charge in [0.1, 0.15) is 5.15 Å². The van der Waals surface area contributed by atoms with E-state index < -0.39 is 0 Å². The number of H-pyrrole nitrogens is 1. The molecule has 0 amide bonds. The van der Waals surface area contributed by atoms with Gasteiger partial charge in [0.2, 0.25) is 0 Å². The maximum atomic E-state index is 5.88. The number of halogens is 2. The molecule has 19 heavy (non-hydrogen) atoms. The Morgan fingerprint density at radius 1 is 1.16 bits per heavy atom. The zero-order valence-electron chi connectivity index (χ0n) is 9.64. The highest BCUT2D eigenvalue weighted by atomic mass is 35.5. The van der Waals surface area contributed by atoms with Crippen molar-refractivity contribution >= 4 is 46.0 Å². The Hall–Kier alpha value is -1.91. The minimum atomic E-state index is 0.278. The fourth-order valence-electron chi connectivity index (χ4n) is 1.67. The van der Waals surface area contributed by atoms with Crippen molar-refractivity contribution in [3.8, 4) is 0 Å². The molecule has 0 saturated heterocycles. The SMILES string of the molecule is Clc1cc(N=Cc2ccc3[nH]ncc3c2)cnc1Cl. The molecule has 0 aliphatic carbocycles. The molecule has 1 N–H and O–H groups in total. The van der Waals surface area contributed by atoms with Crippen LogP contribution in [0.15, 0.2) is 41.7 Å². The van der Waals surface area contributed by atoms with Crippen molar-refractivity contribution in [3.05, 3.63) is 52.4 Å². The second-order valence-electron chi connectivity index (χ2n) is 3.94. The van der Waals surface area contributed by atoms with Crippen LogP contribution in [0.1, 0.15) is 5.56 Å². The van der Waals surface area contributed by atoms with E-state index >= 15 is 0 Å². The zero-order chi connectivity index (χ0) is 13.2. The van der Waals surface area contributed by atoms with Crippen LogP contribution < -0.4 is 0 Å². The van der Waals surface area contributed by atoms with Gasteiger partial charge in [-0.1, -0.05) is 29.3 Å². The second-order valence-corrected chi connectivity index (χ2v) is 4.71. The number of aromatic nitrogens is 3. The van der Waals surface area contributed by atoms with E-state index in [9.17, 15) is 0 Å². The van der Waals surface area contributed by atoms with Gasteiger partial charge in [0.05, 0.1) is 28.6 Å². The molecule has 0 saturated carbocycles. The van der Waals surface area contributed by atoms with Gasteiger partial charge in [-0.3, -0.25) is 10.1 Å². The van der Waals surface area contributed by atoms with Crippen molar-refractivity contribution in [3.63, 3.8) is 0 Å². The van der Waals surface area contributed by atoms with E-state index in [1.54, 1.807) is 24.7 Å². The van der Waals surface area contributed by atoms with Crippen molar-refractivity contribution in [1.29, 1.82) is 0 Å². The number of rotatable bonds is 2. The first kappa shape index (κ1) is 12.1. The lowest BCUT2D eigenvalue weighted by molar-refractivity contribution is 1.12. The Morgan fingerprint density at radius 3 is 2.89 bits per heavy atom. The van der Waals surface area contributed by atoms with Gasteiger partial charge in [-0.15, -0.1) is 0 Å². The first-order valence-electron chi connectivity index (χ1n) is 5.50. The molecule has 2 aromatic heterocycles. The third-order valence-corrected chi connectivity index (χ3v) is 3.29. The van der Waals surface area contributed by atoms with Crippen LogP contribution in [-0.4, -0.2) is 21.4 Å². The maximum Gasteiger partial charge on any atom is 0.147 e. The van der Waals surface area contributed by atoms with Crippen LogP contribution in [0.5, 0.6) is 0 Å². The monoisotopic (exact) mass is 290 g/mol. The normalized spacial score (nSPS) is 11.5. The molecule has 0 atom stereocenters. The third-order valence-electron chi connectivity index (χ3n) is 2.61. The third kappa shape index (κ3) is 2.59. The van der Waals surface area contributed by atoms with Crippen molar-refractivity contribution in [2.45, 2.75) is 0 Å². The molecule has 3 rings (SSSR count). The lowest BCUT2D eigenvalue weighted by Crippen LogP contribution is -1.81. The molecule has 6 heteroatoms. The van der Waals surface area contributed by atoms with Gasteiger partial charge in [0, 0.05) is 11.6 Å². The van der Waals surface area contributed by atoms with Crippen LogP contribution in [0.25, 0.3) is 10.9 Å². The van der Waals surface area contributed by atoms with Gasteiger partial charge in [-0.05, 0) is 23.8 Å². The zero-order valence-corrected chi connectivity index (χ0v) is 11.2. The highest BCUT2D eigenvalue weighted by molar-refractivity contribution is 6.41. The fourth-order valence-corrected chi connectivity index (χ4v) is 1.94. The Bertz CT molecular complexity index is 764. The van der Waals surface area contributed by atoms with Crippen LogP contribution >= 0.6 is 23.2 Å². The van der Waals surface area contributed by atoms with Crippen molar-refractivity contribution in [2.24, 2.45) is 4.99 Å². The van der Waals surface area contributed by atoms with Crippen LogP contribution in [0.4, 0.5) is 5.69 Å². The first-order chi connectivity index (χ1) is 9.22. The van der Waals surface area contributed by atoms with Crippen LogP contribution in [0.2, 0.25) is 10.2 Å². The fraction of sp³-hybridized carbons (Fsp3) is 0. The summed E-state index contributed by atoms with van der Waals surface area (Å²) in [6, 6.07) is 7.57. The summed E-state index contributed by atoms with van der Waals surface area (Å²) >= 11 is 11.6. The molecule has 2 heterocycles. The first-order valence-corrected chi connectivity index (χ1v) is 6.26. The molecule has 0 aliphatic heterocycles. The summed E-state index contributed by atoms with van der Waals surface area (Å²) in [6.45, 7) is 0. The van der Waals surface area contributed by atoms with E-state index in [0.717, 1.165) is 16.5 Å². The number of aliphatic imine (C=N–C) groups is 1. The summed E-state index contributed by atoms with van der Waals surface area (Å²) in [5, 5.41) is 8.57. The second kappa shape index (κ2) is 4.99. The highest BCUT2D eigenvalue weighted by Crippen LogP contribution is 2.23. The van der Waals surface area contributed by atoms with Crippen LogP contribution in [-0.2, 0) is 0 Å². The summed E-state index contributed by atoms with van der Waals surface area (Å²) in [5.41, 5.74) is 2.62. The summed E-state index contributed by atoms with van der Waals surface area (Å²) in [7, 11) is 0. The summed E-state index contributed by atoms with van der Waals surface area (Å²) in [5.74, 6) is 0. The number of nitrogens with one attached hydrogen (secondary N) is 1. The van der Waals surface area contributed by atoms with E-state index in [4.69, 9.17) is 23.2 Å². The molecule has 94 valence electrons. The molecule has 4 nitrogen and oxygen atoms in total. The minimum absolute atomic E-state index is 0.278. The van der Waals surface area contributed by atoms with Gasteiger partial charge >= 0.3 is 0 Å². The van der Waals surface area contributed by atoms with Crippen LogP contribution in [0.3, 0.4) is 0 Å². The molecule has 3 aromatic rings. The number of benzene rings is 1. The van der Waals surface area contributed by atoms with E-state index in [2.05, 4.69) is 20.2 Å². The van der Waals surface area contributed by atoms with E-state index in [0.29, 0.717) is 10.7 Å². The molecule has 0 bridgehead atoms. The lowest BCUT2D eigenvalue weighted by atomic mass is 10.2. The predicted octanol–water partition coefficient (Wildman–Crippen LogP) is 4.02. The molecule has 0 aliphatic rings. The number of fused-ring (bicyclic) bond motifs is 1. The standard InChI is InChI=1S/C13H8Cl2N4/c14-11-4-10(7-17-13(11)15)16-5-8-1-2-12-9(3-8)6-18-19-12/h1-7H,(H,18,19). The molecule has 0 unspecified atom stereocenters. The minimum Gasteiger partial charge on any atom is -0.278 e. The van der Waals surface area contributed by atoms with Crippen molar-refractivity contribution in [2.75, 3.05) is 0 Å². The predicted molar refractivity (Wildman–Crippen MR) is 77.6 cm³/mol. The maximum absolute atomic E-state index is 5.88. The van der Waals surface area contributed by atoms with Gasteiger partial charge in [0.25, 0.3) is 0 Å². The van der Waals surface area contributed by atoms with Gasteiger partial charge in [0.15, 0.2) is 0 Å². The van der Waals surface area contributed by atoms with Gasteiger partial charge in [-0.25, -0.2) is 4.98 Å².